The van der Waals surface area contributed by atoms with E-state index in [1.807, 2.05) is 13.1 Å². The van der Waals surface area contributed by atoms with E-state index in [4.69, 9.17) is 4.74 Å². The molecule has 110 valence electrons. The molecule has 1 aromatic heterocycles. The number of ether oxygens (including phenoxy) is 1. The van der Waals surface area contributed by atoms with Crippen LogP contribution in [0.3, 0.4) is 0 Å². The quantitative estimate of drug-likeness (QED) is 0.917. The van der Waals surface area contributed by atoms with Crippen LogP contribution in [0.1, 0.15) is 29.3 Å². The highest BCUT2D eigenvalue weighted by atomic mass is 19.1. The van der Waals surface area contributed by atoms with E-state index in [1.165, 1.54) is 17.2 Å². The smallest absolute Gasteiger partial charge is 0.146 e. The molecule has 0 bridgehead atoms. The van der Waals surface area contributed by atoms with Crippen molar-refractivity contribution in [3.05, 3.63) is 59.2 Å². The zero-order chi connectivity index (χ0) is 14.7. The van der Waals surface area contributed by atoms with Crippen molar-refractivity contribution in [1.82, 2.24) is 10.3 Å². The van der Waals surface area contributed by atoms with Crippen LogP contribution in [-0.2, 0) is 12.8 Å². The van der Waals surface area contributed by atoms with Crippen molar-refractivity contribution < 1.29 is 9.13 Å². The fourth-order valence-corrected chi connectivity index (χ4v) is 2.78. The van der Waals surface area contributed by atoms with Crippen LogP contribution in [-0.4, -0.2) is 18.6 Å². The van der Waals surface area contributed by atoms with Crippen LogP contribution in [0.15, 0.2) is 36.5 Å². The van der Waals surface area contributed by atoms with E-state index in [2.05, 4.69) is 22.4 Å². The zero-order valence-electron chi connectivity index (χ0n) is 12.1. The average molecular weight is 286 g/mol. The van der Waals surface area contributed by atoms with Gasteiger partial charge in [-0.3, -0.25) is 4.98 Å². The second-order valence-corrected chi connectivity index (χ2v) is 5.29. The maximum Gasteiger partial charge on any atom is 0.146 e. The number of aromatic nitrogens is 1. The molecule has 0 amide bonds. The first kappa shape index (κ1) is 14.0. The van der Waals surface area contributed by atoms with Gasteiger partial charge in [0.15, 0.2) is 0 Å². The van der Waals surface area contributed by atoms with Crippen molar-refractivity contribution in [2.75, 3.05) is 13.7 Å². The molecule has 0 saturated heterocycles. The summed E-state index contributed by atoms with van der Waals surface area (Å²) in [5.74, 6) is 0.749. The predicted octanol–water partition coefficient (Wildman–Crippen LogP) is 3.05. The Balaban J connectivity index is 1.70. The Morgan fingerprint density at radius 2 is 2.29 bits per heavy atom. The number of pyridine rings is 1. The van der Waals surface area contributed by atoms with E-state index < -0.39 is 0 Å². The third kappa shape index (κ3) is 3.05. The monoisotopic (exact) mass is 286 g/mol. The van der Waals surface area contributed by atoms with Gasteiger partial charge in [-0.05, 0) is 49.2 Å². The van der Waals surface area contributed by atoms with Crippen LogP contribution >= 0.6 is 0 Å². The van der Waals surface area contributed by atoms with E-state index in [-0.39, 0.29) is 11.9 Å². The highest BCUT2D eigenvalue weighted by molar-refractivity contribution is 5.39. The van der Waals surface area contributed by atoms with Gasteiger partial charge in [0.1, 0.15) is 11.6 Å². The van der Waals surface area contributed by atoms with Crippen molar-refractivity contribution >= 4 is 0 Å². The van der Waals surface area contributed by atoms with Crippen molar-refractivity contribution in [2.45, 2.75) is 25.3 Å². The second-order valence-electron chi connectivity index (χ2n) is 5.29. The minimum Gasteiger partial charge on any atom is -0.493 e. The fraction of sp³-hybridized carbons (Fsp3) is 0.353. The lowest BCUT2D eigenvalue weighted by Gasteiger charge is -2.16. The summed E-state index contributed by atoms with van der Waals surface area (Å²) >= 11 is 0. The molecule has 0 radical (unpaired) electrons. The summed E-state index contributed by atoms with van der Waals surface area (Å²) in [4.78, 5) is 4.16. The average Bonchev–Trinajstić information content (AvgIpc) is 2.97. The topological polar surface area (TPSA) is 34.1 Å². The standard InChI is InChI=1S/C17H19FN2O/c1-19-15(17-14(18)3-2-9-20-17)6-4-12-5-7-16-13(11-12)8-10-21-16/h2-3,5,7,9,11,15,19H,4,6,8,10H2,1H3. The molecule has 1 aromatic carbocycles. The van der Waals surface area contributed by atoms with Crippen LogP contribution < -0.4 is 10.1 Å². The van der Waals surface area contributed by atoms with Crippen LogP contribution in [0.2, 0.25) is 0 Å². The molecular formula is C17H19FN2O. The first-order valence-electron chi connectivity index (χ1n) is 7.30. The van der Waals surface area contributed by atoms with E-state index in [0.717, 1.165) is 31.6 Å². The van der Waals surface area contributed by atoms with Gasteiger partial charge in [0.05, 0.1) is 18.3 Å². The van der Waals surface area contributed by atoms with Gasteiger partial charge < -0.3 is 10.1 Å². The molecule has 4 heteroatoms. The molecule has 2 aromatic rings. The summed E-state index contributed by atoms with van der Waals surface area (Å²) in [6, 6.07) is 9.32. The molecule has 1 aliphatic rings. The Morgan fingerprint density at radius 1 is 1.38 bits per heavy atom. The van der Waals surface area contributed by atoms with E-state index in [9.17, 15) is 4.39 Å². The van der Waals surface area contributed by atoms with Gasteiger partial charge in [-0.15, -0.1) is 0 Å². The first-order valence-corrected chi connectivity index (χ1v) is 7.30. The number of rotatable bonds is 5. The molecule has 3 rings (SSSR count). The SMILES string of the molecule is CNC(CCc1ccc2c(c1)CCO2)c1ncccc1F. The van der Waals surface area contributed by atoms with Gasteiger partial charge in [-0.1, -0.05) is 12.1 Å². The van der Waals surface area contributed by atoms with Crippen molar-refractivity contribution in [3.63, 3.8) is 0 Å². The lowest BCUT2D eigenvalue weighted by molar-refractivity contribution is 0.357. The van der Waals surface area contributed by atoms with E-state index in [1.54, 1.807) is 12.3 Å². The third-order valence-corrected chi connectivity index (χ3v) is 3.94. The summed E-state index contributed by atoms with van der Waals surface area (Å²) in [5.41, 5.74) is 3.03. The van der Waals surface area contributed by atoms with Gasteiger partial charge in [-0.25, -0.2) is 4.39 Å². The second kappa shape index (κ2) is 6.22. The minimum atomic E-state index is -0.251. The van der Waals surface area contributed by atoms with Crippen LogP contribution in [0, 0.1) is 5.82 Å². The number of hydrogen-bond acceptors (Lipinski definition) is 3. The number of hydrogen-bond donors (Lipinski definition) is 1. The maximum atomic E-state index is 13.8. The third-order valence-electron chi connectivity index (χ3n) is 3.94. The Hall–Kier alpha value is -1.94. The molecule has 1 unspecified atom stereocenters. The van der Waals surface area contributed by atoms with Gasteiger partial charge in [0.25, 0.3) is 0 Å². The summed E-state index contributed by atoms with van der Waals surface area (Å²) in [6.07, 6.45) is 4.31. The van der Waals surface area contributed by atoms with Gasteiger partial charge >= 0.3 is 0 Å². The lowest BCUT2D eigenvalue weighted by atomic mass is 10.00. The van der Waals surface area contributed by atoms with Gasteiger partial charge in [-0.2, -0.15) is 0 Å². The molecule has 21 heavy (non-hydrogen) atoms. The highest BCUT2D eigenvalue weighted by Crippen LogP contribution is 2.27. The number of aryl methyl sites for hydroxylation is 1. The fourth-order valence-electron chi connectivity index (χ4n) is 2.78. The minimum absolute atomic E-state index is 0.0734. The molecular weight excluding hydrogens is 267 g/mol. The summed E-state index contributed by atoms with van der Waals surface area (Å²) in [6.45, 7) is 0.775. The summed E-state index contributed by atoms with van der Waals surface area (Å²) < 4.78 is 19.3. The largest absolute Gasteiger partial charge is 0.493 e. The Kier molecular flexibility index (Phi) is 4.15. The summed E-state index contributed by atoms with van der Waals surface area (Å²) in [5, 5.41) is 3.15. The first-order chi connectivity index (χ1) is 10.3. The van der Waals surface area contributed by atoms with Crippen LogP contribution in [0.4, 0.5) is 4.39 Å². The maximum absolute atomic E-state index is 13.8. The lowest BCUT2D eigenvalue weighted by Crippen LogP contribution is -2.19. The molecule has 0 fully saturated rings. The van der Waals surface area contributed by atoms with Gasteiger partial charge in [0.2, 0.25) is 0 Å². The number of fused-ring (bicyclic) bond motifs is 1. The van der Waals surface area contributed by atoms with Crippen LogP contribution in [0.5, 0.6) is 5.75 Å². The molecule has 1 N–H and O–H groups in total. The highest BCUT2D eigenvalue weighted by Gasteiger charge is 2.16. The zero-order valence-corrected chi connectivity index (χ0v) is 12.1. The number of halogens is 1. The molecule has 0 aliphatic carbocycles. The molecule has 0 spiro atoms. The number of nitrogens with one attached hydrogen (secondary N) is 1. The Bertz CT molecular complexity index is 630. The van der Waals surface area contributed by atoms with Gasteiger partial charge in [0, 0.05) is 12.6 Å². The number of nitrogens with zero attached hydrogens (tertiary/aromatic N) is 1. The molecule has 3 nitrogen and oxygen atoms in total. The molecule has 2 heterocycles. The molecule has 1 aliphatic heterocycles. The Morgan fingerprint density at radius 3 is 3.10 bits per heavy atom. The van der Waals surface area contributed by atoms with Crippen LogP contribution in [0.25, 0.3) is 0 Å². The van der Waals surface area contributed by atoms with E-state index in [0.29, 0.717) is 5.69 Å². The van der Waals surface area contributed by atoms with E-state index >= 15 is 0 Å². The van der Waals surface area contributed by atoms with Crippen molar-refractivity contribution in [2.24, 2.45) is 0 Å². The Labute approximate surface area is 124 Å². The number of benzene rings is 1. The summed E-state index contributed by atoms with van der Waals surface area (Å²) in [7, 11) is 1.84. The predicted molar refractivity (Wildman–Crippen MR) is 80.0 cm³/mol. The van der Waals surface area contributed by atoms with Crippen molar-refractivity contribution in [1.29, 1.82) is 0 Å². The molecule has 1 atom stereocenters. The molecule has 0 saturated carbocycles. The normalized spacial score (nSPS) is 14.6. The van der Waals surface area contributed by atoms with Crippen molar-refractivity contribution in [3.8, 4) is 5.75 Å².